The number of unbranched alkanes of at least 4 members (excludes halogenated alkanes) is 1. The first-order valence-corrected chi connectivity index (χ1v) is 10.3. The minimum atomic E-state index is -0.215. The highest BCUT2D eigenvalue weighted by atomic mass is 32.1. The van der Waals surface area contributed by atoms with Gasteiger partial charge in [-0.1, -0.05) is 61.4 Å². The monoisotopic (exact) mass is 392 g/mol. The molecule has 28 heavy (non-hydrogen) atoms. The Morgan fingerprint density at radius 2 is 1.96 bits per heavy atom. The molecule has 0 saturated heterocycles. The average molecular weight is 393 g/mol. The molecule has 1 heterocycles. The molecule has 0 fully saturated rings. The van der Waals surface area contributed by atoms with Crippen molar-refractivity contribution in [2.24, 2.45) is 0 Å². The summed E-state index contributed by atoms with van der Waals surface area (Å²) in [6, 6.07) is 15.9. The van der Waals surface area contributed by atoms with Crippen LogP contribution < -0.4 is 10.1 Å². The molecule has 0 aliphatic heterocycles. The number of benzene rings is 2. The van der Waals surface area contributed by atoms with E-state index in [-0.39, 0.29) is 5.91 Å². The molecule has 3 rings (SSSR count). The van der Waals surface area contributed by atoms with E-state index in [2.05, 4.69) is 36.3 Å². The lowest BCUT2D eigenvalue weighted by Crippen LogP contribution is -2.07. The summed E-state index contributed by atoms with van der Waals surface area (Å²) in [6.45, 7) is 4.85. The number of thiazole rings is 1. The Bertz CT molecular complexity index is 945. The third-order valence-electron chi connectivity index (χ3n) is 4.17. The summed E-state index contributed by atoms with van der Waals surface area (Å²) in [7, 11) is 0. The minimum absolute atomic E-state index is 0.215. The van der Waals surface area contributed by atoms with Crippen LogP contribution in [0.25, 0.3) is 17.3 Å². The van der Waals surface area contributed by atoms with E-state index >= 15 is 0 Å². The molecule has 1 N–H and O–H groups in total. The third kappa shape index (κ3) is 5.54. The van der Waals surface area contributed by atoms with Crippen LogP contribution in [0, 0.1) is 6.92 Å². The number of nitrogens with zero attached hydrogens (tertiary/aromatic N) is 1. The van der Waals surface area contributed by atoms with Crippen LogP contribution in [-0.2, 0) is 4.79 Å². The first kappa shape index (κ1) is 19.8. The van der Waals surface area contributed by atoms with Crippen molar-refractivity contribution in [1.82, 2.24) is 4.98 Å². The van der Waals surface area contributed by atoms with Crippen molar-refractivity contribution in [3.05, 3.63) is 71.1 Å². The van der Waals surface area contributed by atoms with Gasteiger partial charge >= 0.3 is 0 Å². The summed E-state index contributed by atoms with van der Waals surface area (Å²) in [4.78, 5) is 16.8. The van der Waals surface area contributed by atoms with E-state index in [1.165, 1.54) is 23.0 Å². The lowest BCUT2D eigenvalue weighted by atomic mass is 10.1. The van der Waals surface area contributed by atoms with Crippen molar-refractivity contribution in [1.29, 1.82) is 0 Å². The van der Waals surface area contributed by atoms with Crippen molar-refractivity contribution < 1.29 is 9.53 Å². The number of amides is 1. The summed E-state index contributed by atoms with van der Waals surface area (Å²) in [5.41, 5.74) is 3.99. The van der Waals surface area contributed by atoms with E-state index in [9.17, 15) is 4.79 Å². The van der Waals surface area contributed by atoms with Crippen LogP contribution in [0.4, 0.5) is 5.13 Å². The maximum atomic E-state index is 12.3. The number of hydrogen-bond donors (Lipinski definition) is 1. The van der Waals surface area contributed by atoms with Crippen LogP contribution >= 0.6 is 11.3 Å². The number of rotatable bonds is 8. The van der Waals surface area contributed by atoms with Crippen molar-refractivity contribution >= 4 is 28.5 Å². The third-order valence-corrected chi connectivity index (χ3v) is 4.93. The number of nitrogens with one attached hydrogen (secondary N) is 1. The lowest BCUT2D eigenvalue weighted by molar-refractivity contribution is -0.111. The Labute approximate surface area is 169 Å². The van der Waals surface area contributed by atoms with Crippen molar-refractivity contribution in [2.75, 3.05) is 11.9 Å². The number of aryl methyl sites for hydroxylation is 1. The van der Waals surface area contributed by atoms with Crippen LogP contribution in [0.5, 0.6) is 5.75 Å². The fourth-order valence-corrected chi connectivity index (χ4v) is 3.30. The summed E-state index contributed by atoms with van der Waals surface area (Å²) < 4.78 is 5.80. The summed E-state index contributed by atoms with van der Waals surface area (Å²) >= 11 is 1.41. The second-order valence-electron chi connectivity index (χ2n) is 6.47. The van der Waals surface area contributed by atoms with E-state index in [0.717, 1.165) is 35.4 Å². The largest absolute Gasteiger partial charge is 0.493 e. The molecule has 1 amide bonds. The molecule has 0 aliphatic carbocycles. The number of ether oxygens (including phenoxy) is 1. The molecule has 144 valence electrons. The van der Waals surface area contributed by atoms with Gasteiger partial charge in [0, 0.05) is 22.6 Å². The van der Waals surface area contributed by atoms with Crippen molar-refractivity contribution in [3.8, 4) is 17.0 Å². The van der Waals surface area contributed by atoms with Crippen molar-refractivity contribution in [3.63, 3.8) is 0 Å². The van der Waals surface area contributed by atoms with Gasteiger partial charge in [-0.3, -0.25) is 10.1 Å². The van der Waals surface area contributed by atoms with Gasteiger partial charge in [-0.05, 0) is 25.5 Å². The highest BCUT2D eigenvalue weighted by Gasteiger charge is 2.07. The minimum Gasteiger partial charge on any atom is -0.493 e. The molecule has 0 bridgehead atoms. The zero-order chi connectivity index (χ0) is 19.8. The molecular formula is C23H24N2O2S. The van der Waals surface area contributed by atoms with E-state index in [4.69, 9.17) is 4.74 Å². The molecular weight excluding hydrogens is 368 g/mol. The van der Waals surface area contributed by atoms with Crippen LogP contribution in [0.2, 0.25) is 0 Å². The molecule has 2 aromatic carbocycles. The SMILES string of the molecule is CCCCOc1ccccc1C=CC(=O)Nc1nc(-c2ccc(C)cc2)cs1. The summed E-state index contributed by atoms with van der Waals surface area (Å²) in [6.07, 6.45) is 5.37. The molecule has 0 radical (unpaired) electrons. The molecule has 3 aromatic rings. The number of carbonyl (C=O) groups excluding carboxylic acids is 1. The Morgan fingerprint density at radius 3 is 2.75 bits per heavy atom. The number of para-hydroxylation sites is 1. The maximum Gasteiger partial charge on any atom is 0.250 e. The molecule has 0 aliphatic rings. The number of anilines is 1. The van der Waals surface area contributed by atoms with E-state index < -0.39 is 0 Å². The topological polar surface area (TPSA) is 51.2 Å². The van der Waals surface area contributed by atoms with Crippen LogP contribution in [-0.4, -0.2) is 17.5 Å². The first-order chi connectivity index (χ1) is 13.7. The smallest absolute Gasteiger partial charge is 0.250 e. The highest BCUT2D eigenvalue weighted by molar-refractivity contribution is 7.14. The van der Waals surface area contributed by atoms with Gasteiger partial charge in [0.25, 0.3) is 0 Å². The molecule has 4 nitrogen and oxygen atoms in total. The fraction of sp³-hybridized carbons (Fsp3) is 0.217. The Balaban J connectivity index is 1.62. The van der Waals surface area contributed by atoms with Gasteiger partial charge in [-0.15, -0.1) is 11.3 Å². The van der Waals surface area contributed by atoms with Gasteiger partial charge in [0.2, 0.25) is 5.91 Å². The van der Waals surface area contributed by atoms with Crippen molar-refractivity contribution in [2.45, 2.75) is 26.7 Å². The van der Waals surface area contributed by atoms with Gasteiger partial charge in [0.05, 0.1) is 12.3 Å². The lowest BCUT2D eigenvalue weighted by Gasteiger charge is -2.08. The molecule has 0 atom stereocenters. The molecule has 0 unspecified atom stereocenters. The molecule has 0 spiro atoms. The average Bonchev–Trinajstić information content (AvgIpc) is 3.16. The molecule has 1 aromatic heterocycles. The molecule has 0 saturated carbocycles. The van der Waals surface area contributed by atoms with E-state index in [0.29, 0.717) is 11.7 Å². The number of hydrogen-bond acceptors (Lipinski definition) is 4. The van der Waals surface area contributed by atoms with Gasteiger partial charge in [-0.2, -0.15) is 0 Å². The van der Waals surface area contributed by atoms with Gasteiger partial charge in [0.1, 0.15) is 5.75 Å². The fourth-order valence-electron chi connectivity index (χ4n) is 2.58. The maximum absolute atomic E-state index is 12.3. The van der Waals surface area contributed by atoms with Crippen LogP contribution in [0.3, 0.4) is 0 Å². The van der Waals surface area contributed by atoms with Gasteiger partial charge in [0.15, 0.2) is 5.13 Å². The molecule has 5 heteroatoms. The van der Waals surface area contributed by atoms with E-state index in [1.54, 1.807) is 6.08 Å². The predicted octanol–water partition coefficient (Wildman–Crippen LogP) is 5.95. The van der Waals surface area contributed by atoms with Crippen LogP contribution in [0.15, 0.2) is 60.0 Å². The highest BCUT2D eigenvalue weighted by Crippen LogP contribution is 2.25. The number of carbonyl (C=O) groups is 1. The van der Waals surface area contributed by atoms with Gasteiger partial charge < -0.3 is 4.74 Å². The summed E-state index contributed by atoms with van der Waals surface area (Å²) in [5.74, 6) is 0.573. The van der Waals surface area contributed by atoms with Crippen LogP contribution in [0.1, 0.15) is 30.9 Å². The van der Waals surface area contributed by atoms with Gasteiger partial charge in [-0.25, -0.2) is 4.98 Å². The normalized spacial score (nSPS) is 10.9. The Kier molecular flexibility index (Phi) is 6.98. The van der Waals surface area contributed by atoms with E-state index in [1.807, 2.05) is 41.8 Å². The second-order valence-corrected chi connectivity index (χ2v) is 7.32. The Morgan fingerprint density at radius 1 is 1.18 bits per heavy atom. The predicted molar refractivity (Wildman–Crippen MR) is 117 cm³/mol. The second kappa shape index (κ2) is 9.85. The first-order valence-electron chi connectivity index (χ1n) is 9.39. The summed E-state index contributed by atoms with van der Waals surface area (Å²) in [5, 5.41) is 5.35. The quantitative estimate of drug-likeness (QED) is 0.381. The Hall–Kier alpha value is -2.92. The standard InChI is InChI=1S/C23H24N2O2S/c1-3-4-15-27-21-8-6-5-7-19(21)13-14-22(26)25-23-24-20(16-28-23)18-11-9-17(2)10-12-18/h5-14,16H,3-4,15H2,1-2H3,(H,24,25,26). The number of aromatic nitrogens is 1. The zero-order valence-corrected chi connectivity index (χ0v) is 17.0. The zero-order valence-electron chi connectivity index (χ0n) is 16.1.